The number of rotatable bonds is 1. The third-order valence-corrected chi connectivity index (χ3v) is 2.93. The number of guanidine groups is 1. The van der Waals surface area contributed by atoms with Crippen LogP contribution in [-0.2, 0) is 0 Å². The maximum absolute atomic E-state index is 11.7. The number of aliphatic imine (C=N–C) groups is 1. The molecule has 1 amide bonds. The first-order valence-corrected chi connectivity index (χ1v) is 5.55. The van der Waals surface area contributed by atoms with Gasteiger partial charge in [-0.1, -0.05) is 11.6 Å². The molecular weight excluding hydrogens is 252 g/mol. The lowest BCUT2D eigenvalue weighted by atomic mass is 10.1. The van der Waals surface area contributed by atoms with Crippen LogP contribution in [0.4, 0.5) is 0 Å². The van der Waals surface area contributed by atoms with Crippen molar-refractivity contribution in [2.24, 2.45) is 16.5 Å². The van der Waals surface area contributed by atoms with Crippen LogP contribution in [0.1, 0.15) is 15.9 Å². The molecule has 0 aliphatic heterocycles. The Bertz CT molecular complexity index is 662. The largest absolute Gasteiger partial charge is 0.370 e. The summed E-state index contributed by atoms with van der Waals surface area (Å²) in [5.74, 6) is -0.752. The number of carbonyl (C=O) groups is 1. The van der Waals surface area contributed by atoms with Crippen LogP contribution in [0.15, 0.2) is 29.4 Å². The van der Waals surface area contributed by atoms with Crippen LogP contribution < -0.4 is 11.5 Å². The molecule has 5 nitrogen and oxygen atoms in total. The second-order valence-electron chi connectivity index (χ2n) is 3.80. The van der Waals surface area contributed by atoms with Crippen molar-refractivity contribution < 1.29 is 4.79 Å². The van der Waals surface area contributed by atoms with Gasteiger partial charge in [0.15, 0.2) is 5.96 Å². The zero-order valence-corrected chi connectivity index (χ0v) is 10.4. The molecule has 0 aliphatic carbocycles. The zero-order valence-electron chi connectivity index (χ0n) is 9.64. The van der Waals surface area contributed by atoms with Gasteiger partial charge in [-0.05, 0) is 30.7 Å². The maximum atomic E-state index is 11.7. The van der Waals surface area contributed by atoms with E-state index in [1.165, 1.54) is 0 Å². The van der Waals surface area contributed by atoms with Gasteiger partial charge in [0.1, 0.15) is 0 Å². The molecule has 0 saturated carbocycles. The van der Waals surface area contributed by atoms with Gasteiger partial charge >= 0.3 is 0 Å². The minimum atomic E-state index is -0.490. The van der Waals surface area contributed by atoms with E-state index in [-0.39, 0.29) is 5.96 Å². The van der Waals surface area contributed by atoms with E-state index in [1.807, 2.05) is 6.92 Å². The van der Waals surface area contributed by atoms with Gasteiger partial charge in [-0.2, -0.15) is 4.99 Å². The zero-order chi connectivity index (χ0) is 13.3. The summed E-state index contributed by atoms with van der Waals surface area (Å²) < 4.78 is 0. The molecule has 2 aromatic rings. The minimum Gasteiger partial charge on any atom is -0.370 e. The van der Waals surface area contributed by atoms with Gasteiger partial charge < -0.3 is 11.5 Å². The molecule has 0 saturated heterocycles. The summed E-state index contributed by atoms with van der Waals surface area (Å²) in [6.07, 6.45) is 1.58. The van der Waals surface area contributed by atoms with Crippen LogP contribution in [0.25, 0.3) is 10.9 Å². The van der Waals surface area contributed by atoms with Crippen molar-refractivity contribution in [1.82, 2.24) is 4.98 Å². The Kier molecular flexibility index (Phi) is 3.16. The molecule has 1 aromatic carbocycles. The second kappa shape index (κ2) is 4.62. The SMILES string of the molecule is Cc1c(Cl)cnc2ccc(C(=O)N=C(N)N)cc12. The lowest BCUT2D eigenvalue weighted by Gasteiger charge is -2.04. The number of hydrogen-bond acceptors (Lipinski definition) is 2. The fraction of sp³-hybridized carbons (Fsp3) is 0.0833. The first kappa shape index (κ1) is 12.3. The summed E-state index contributed by atoms with van der Waals surface area (Å²) in [6.45, 7) is 1.86. The predicted molar refractivity (Wildman–Crippen MR) is 71.6 cm³/mol. The molecule has 4 N–H and O–H groups in total. The van der Waals surface area contributed by atoms with Gasteiger partial charge in [0.25, 0.3) is 5.91 Å². The van der Waals surface area contributed by atoms with Crippen molar-refractivity contribution in [1.29, 1.82) is 0 Å². The Labute approximate surface area is 108 Å². The number of pyridine rings is 1. The fourth-order valence-electron chi connectivity index (χ4n) is 1.62. The van der Waals surface area contributed by atoms with Crippen molar-refractivity contribution >= 4 is 34.4 Å². The number of halogens is 1. The van der Waals surface area contributed by atoms with Gasteiger partial charge in [0.2, 0.25) is 0 Å². The third kappa shape index (κ3) is 2.26. The molecule has 0 atom stereocenters. The van der Waals surface area contributed by atoms with Gasteiger partial charge in [0, 0.05) is 17.1 Å². The standard InChI is InChI=1S/C12H11ClN4O/c1-6-8-4-7(11(18)17-12(14)15)2-3-10(8)16-5-9(6)13/h2-5H,1H3,(H4,14,15,17,18). The first-order chi connectivity index (χ1) is 8.49. The van der Waals surface area contributed by atoms with Crippen LogP contribution >= 0.6 is 11.6 Å². The Hall–Kier alpha value is -2.14. The van der Waals surface area contributed by atoms with Gasteiger partial charge in [-0.25, -0.2) is 0 Å². The van der Waals surface area contributed by atoms with Gasteiger partial charge in [-0.15, -0.1) is 0 Å². The number of aryl methyl sites for hydroxylation is 1. The van der Waals surface area contributed by atoms with E-state index in [0.717, 1.165) is 16.5 Å². The van der Waals surface area contributed by atoms with Crippen LogP contribution in [-0.4, -0.2) is 16.9 Å². The summed E-state index contributed by atoms with van der Waals surface area (Å²) in [5.41, 5.74) is 12.4. The van der Waals surface area contributed by atoms with Crippen LogP contribution in [0, 0.1) is 6.92 Å². The number of nitrogens with two attached hydrogens (primary N) is 2. The molecule has 2 rings (SSSR count). The number of nitrogens with zero attached hydrogens (tertiary/aromatic N) is 2. The van der Waals surface area contributed by atoms with E-state index >= 15 is 0 Å². The number of benzene rings is 1. The summed E-state index contributed by atoms with van der Waals surface area (Å²) >= 11 is 5.99. The summed E-state index contributed by atoms with van der Waals surface area (Å²) in [5, 5.41) is 1.35. The molecule has 92 valence electrons. The Morgan fingerprint density at radius 2 is 2.11 bits per heavy atom. The van der Waals surface area contributed by atoms with Crippen molar-refractivity contribution in [2.75, 3.05) is 0 Å². The lowest BCUT2D eigenvalue weighted by molar-refractivity contribution is 0.100. The Morgan fingerprint density at radius 1 is 1.39 bits per heavy atom. The molecule has 1 heterocycles. The molecule has 0 fully saturated rings. The number of hydrogen-bond donors (Lipinski definition) is 2. The van der Waals surface area contributed by atoms with Crippen molar-refractivity contribution in [2.45, 2.75) is 6.92 Å². The van der Waals surface area contributed by atoms with E-state index in [4.69, 9.17) is 23.1 Å². The molecule has 0 aliphatic rings. The van der Waals surface area contributed by atoms with E-state index in [1.54, 1.807) is 24.4 Å². The van der Waals surface area contributed by atoms with Crippen LogP contribution in [0.2, 0.25) is 5.02 Å². The van der Waals surface area contributed by atoms with Crippen LogP contribution in [0.3, 0.4) is 0 Å². The average Bonchev–Trinajstić information content (AvgIpc) is 2.33. The smallest absolute Gasteiger partial charge is 0.280 e. The predicted octanol–water partition coefficient (Wildman–Crippen LogP) is 1.61. The molecular formula is C12H11ClN4O. The molecule has 0 bridgehead atoms. The van der Waals surface area contributed by atoms with Crippen LogP contribution in [0.5, 0.6) is 0 Å². The summed E-state index contributed by atoms with van der Waals surface area (Å²) in [4.78, 5) is 19.4. The number of amides is 1. The van der Waals surface area contributed by atoms with E-state index < -0.39 is 5.91 Å². The molecule has 6 heteroatoms. The highest BCUT2D eigenvalue weighted by Gasteiger charge is 2.09. The van der Waals surface area contributed by atoms with Gasteiger partial charge in [-0.3, -0.25) is 9.78 Å². The highest BCUT2D eigenvalue weighted by molar-refractivity contribution is 6.32. The average molecular weight is 263 g/mol. The maximum Gasteiger partial charge on any atom is 0.280 e. The van der Waals surface area contributed by atoms with E-state index in [2.05, 4.69) is 9.98 Å². The third-order valence-electron chi connectivity index (χ3n) is 2.55. The minimum absolute atomic E-state index is 0.263. The quantitative estimate of drug-likeness (QED) is 0.603. The molecule has 18 heavy (non-hydrogen) atoms. The topological polar surface area (TPSA) is 94.4 Å². The monoisotopic (exact) mass is 262 g/mol. The van der Waals surface area contributed by atoms with Crippen molar-refractivity contribution in [3.8, 4) is 0 Å². The highest BCUT2D eigenvalue weighted by Crippen LogP contribution is 2.24. The van der Waals surface area contributed by atoms with Crippen molar-refractivity contribution in [3.05, 3.63) is 40.5 Å². The molecule has 0 radical (unpaired) electrons. The molecule has 0 spiro atoms. The number of carbonyl (C=O) groups excluding carboxylic acids is 1. The normalized spacial score (nSPS) is 10.3. The first-order valence-electron chi connectivity index (χ1n) is 5.18. The lowest BCUT2D eigenvalue weighted by Crippen LogP contribution is -2.24. The number of fused-ring (bicyclic) bond motifs is 1. The number of aromatic nitrogens is 1. The molecule has 1 aromatic heterocycles. The van der Waals surface area contributed by atoms with E-state index in [9.17, 15) is 4.79 Å². The van der Waals surface area contributed by atoms with Crippen molar-refractivity contribution in [3.63, 3.8) is 0 Å². The highest BCUT2D eigenvalue weighted by atomic mass is 35.5. The van der Waals surface area contributed by atoms with Gasteiger partial charge in [0.05, 0.1) is 10.5 Å². The summed E-state index contributed by atoms with van der Waals surface area (Å²) in [6, 6.07) is 5.03. The molecule has 0 unspecified atom stereocenters. The summed E-state index contributed by atoms with van der Waals surface area (Å²) in [7, 11) is 0. The Balaban J connectivity index is 2.60. The van der Waals surface area contributed by atoms with E-state index in [0.29, 0.717) is 10.6 Å². The second-order valence-corrected chi connectivity index (χ2v) is 4.21. The fourth-order valence-corrected chi connectivity index (χ4v) is 1.77. The Morgan fingerprint density at radius 3 is 2.78 bits per heavy atom.